The monoisotopic (exact) mass is 195 g/mol. The van der Waals surface area contributed by atoms with Crippen molar-refractivity contribution in [3.63, 3.8) is 0 Å². The lowest BCUT2D eigenvalue weighted by Crippen LogP contribution is -2.10. The number of fused-ring (bicyclic) bond motifs is 1. The zero-order chi connectivity index (χ0) is 9.10. The first-order valence-electron chi connectivity index (χ1n) is 3.87. The van der Waals surface area contributed by atoms with Crippen LogP contribution in [0, 0.1) is 0 Å². The lowest BCUT2D eigenvalue weighted by molar-refractivity contribution is 0.0867. The van der Waals surface area contributed by atoms with Crippen LogP contribution in [-0.4, -0.2) is 16.7 Å². The summed E-state index contributed by atoms with van der Waals surface area (Å²) < 4.78 is 4.97. The largest absolute Gasteiger partial charge is 0.305 e. The van der Waals surface area contributed by atoms with Crippen molar-refractivity contribution in [2.24, 2.45) is 0 Å². The van der Waals surface area contributed by atoms with E-state index in [1.165, 1.54) is 17.1 Å². The Morgan fingerprint density at radius 2 is 2.46 bits per heavy atom. The van der Waals surface area contributed by atoms with Crippen molar-refractivity contribution in [2.45, 2.75) is 6.54 Å². The quantitative estimate of drug-likeness (QED) is 0.751. The van der Waals surface area contributed by atoms with E-state index >= 15 is 0 Å². The predicted molar refractivity (Wildman–Crippen MR) is 51.3 cm³/mol. The molecule has 0 atom stereocenters. The van der Waals surface area contributed by atoms with Gasteiger partial charge in [0.2, 0.25) is 0 Å². The Morgan fingerprint density at radius 3 is 3.31 bits per heavy atom. The van der Waals surface area contributed by atoms with Crippen molar-refractivity contribution in [3.05, 3.63) is 23.8 Å². The third kappa shape index (κ3) is 1.82. The van der Waals surface area contributed by atoms with Crippen molar-refractivity contribution >= 4 is 21.7 Å². The molecule has 1 N–H and O–H groups in total. The van der Waals surface area contributed by atoms with Crippen LogP contribution >= 0.6 is 11.5 Å². The number of hydroxylamine groups is 1. The molecule has 0 radical (unpaired) electrons. The summed E-state index contributed by atoms with van der Waals surface area (Å²) in [5.41, 5.74) is 4.90. The fourth-order valence-corrected chi connectivity index (χ4v) is 1.71. The van der Waals surface area contributed by atoms with Crippen molar-refractivity contribution in [3.8, 4) is 0 Å². The Hall–Kier alpha value is -1.04. The third-order valence-electron chi connectivity index (χ3n) is 1.73. The van der Waals surface area contributed by atoms with Crippen LogP contribution in [0.5, 0.6) is 0 Å². The number of hydrogen-bond donors (Lipinski definition) is 1. The first-order valence-corrected chi connectivity index (χ1v) is 4.64. The Balaban J connectivity index is 2.26. The minimum atomic E-state index is 0.699. The predicted octanol–water partition coefficient (Wildman–Crippen LogP) is 1.34. The van der Waals surface area contributed by atoms with Gasteiger partial charge < -0.3 is 4.84 Å². The van der Waals surface area contributed by atoms with E-state index in [2.05, 4.69) is 21.1 Å². The van der Waals surface area contributed by atoms with Crippen LogP contribution in [0.4, 0.5) is 0 Å². The van der Waals surface area contributed by atoms with Crippen LogP contribution in [0.25, 0.3) is 10.2 Å². The number of aromatic nitrogens is 2. The summed E-state index contributed by atoms with van der Waals surface area (Å²) in [6.07, 6.45) is 0. The van der Waals surface area contributed by atoms with Gasteiger partial charge in [-0.3, -0.25) is 0 Å². The molecule has 68 valence electrons. The van der Waals surface area contributed by atoms with E-state index in [1.54, 1.807) is 7.11 Å². The highest BCUT2D eigenvalue weighted by molar-refractivity contribution is 7.12. The topological polar surface area (TPSA) is 47.0 Å². The second kappa shape index (κ2) is 3.78. The van der Waals surface area contributed by atoms with Crippen LogP contribution in [0.2, 0.25) is 0 Å². The Bertz CT molecular complexity index is 401. The van der Waals surface area contributed by atoms with E-state index in [0.717, 1.165) is 10.2 Å². The molecule has 2 aromatic rings. The Labute approximate surface area is 79.6 Å². The van der Waals surface area contributed by atoms with Crippen molar-refractivity contribution in [2.75, 3.05) is 7.11 Å². The van der Waals surface area contributed by atoms with Gasteiger partial charge in [0.25, 0.3) is 0 Å². The molecule has 1 aromatic carbocycles. The van der Waals surface area contributed by atoms with Gasteiger partial charge in [0, 0.05) is 6.54 Å². The summed E-state index contributed by atoms with van der Waals surface area (Å²) in [6, 6.07) is 6.04. The molecule has 1 aromatic heterocycles. The maximum atomic E-state index is 4.76. The first kappa shape index (κ1) is 8.55. The lowest BCUT2D eigenvalue weighted by Gasteiger charge is -2.00. The molecule has 0 aliphatic rings. The van der Waals surface area contributed by atoms with Crippen LogP contribution in [0.1, 0.15) is 5.56 Å². The summed E-state index contributed by atoms with van der Waals surface area (Å²) in [6.45, 7) is 0.699. The van der Waals surface area contributed by atoms with E-state index < -0.39 is 0 Å². The summed E-state index contributed by atoms with van der Waals surface area (Å²) in [7, 11) is 1.60. The number of nitrogens with one attached hydrogen (secondary N) is 1. The molecular formula is C8H9N3OS. The number of rotatable bonds is 3. The maximum Gasteiger partial charge on any atom is 0.105 e. The summed E-state index contributed by atoms with van der Waals surface area (Å²) in [4.78, 5) is 4.76. The second-order valence-corrected chi connectivity index (χ2v) is 3.39. The first-order chi connectivity index (χ1) is 6.40. The molecule has 4 nitrogen and oxygen atoms in total. The molecule has 5 heteroatoms. The average molecular weight is 195 g/mol. The van der Waals surface area contributed by atoms with E-state index in [0.29, 0.717) is 6.54 Å². The molecular weight excluding hydrogens is 186 g/mol. The molecule has 0 spiro atoms. The van der Waals surface area contributed by atoms with Crippen LogP contribution in [0.3, 0.4) is 0 Å². The smallest absolute Gasteiger partial charge is 0.105 e. The van der Waals surface area contributed by atoms with E-state index in [4.69, 9.17) is 4.84 Å². The van der Waals surface area contributed by atoms with Gasteiger partial charge in [0.05, 0.1) is 11.8 Å². The van der Waals surface area contributed by atoms with Crippen molar-refractivity contribution < 1.29 is 4.84 Å². The standard InChI is InChI=1S/C8H9N3OS/c1-12-9-5-6-2-3-7-8(4-6)13-11-10-7/h2-4,9H,5H2,1H3. The van der Waals surface area contributed by atoms with Crippen LogP contribution < -0.4 is 5.48 Å². The maximum absolute atomic E-state index is 4.76. The molecule has 0 unspecified atom stereocenters. The van der Waals surface area contributed by atoms with Crippen LogP contribution in [-0.2, 0) is 11.4 Å². The molecule has 0 saturated carbocycles. The zero-order valence-corrected chi connectivity index (χ0v) is 7.97. The summed E-state index contributed by atoms with van der Waals surface area (Å²) in [5.74, 6) is 0. The van der Waals surface area contributed by atoms with Crippen molar-refractivity contribution in [1.29, 1.82) is 0 Å². The fraction of sp³-hybridized carbons (Fsp3) is 0.250. The molecule has 0 amide bonds. The average Bonchev–Trinajstić information content (AvgIpc) is 2.61. The summed E-state index contributed by atoms with van der Waals surface area (Å²) in [5, 5.41) is 3.96. The minimum Gasteiger partial charge on any atom is -0.305 e. The van der Waals surface area contributed by atoms with Gasteiger partial charge in [0.15, 0.2) is 0 Å². The normalized spacial score (nSPS) is 10.8. The minimum absolute atomic E-state index is 0.699. The molecule has 0 aliphatic heterocycles. The highest BCUT2D eigenvalue weighted by Gasteiger charge is 1.99. The highest BCUT2D eigenvalue weighted by atomic mass is 32.1. The Kier molecular flexibility index (Phi) is 2.49. The van der Waals surface area contributed by atoms with Gasteiger partial charge in [-0.2, -0.15) is 5.48 Å². The third-order valence-corrected chi connectivity index (χ3v) is 2.42. The molecule has 0 aliphatic carbocycles. The second-order valence-electron chi connectivity index (χ2n) is 2.60. The molecule has 2 rings (SSSR count). The molecule has 13 heavy (non-hydrogen) atoms. The summed E-state index contributed by atoms with van der Waals surface area (Å²) >= 11 is 1.41. The van der Waals surface area contributed by atoms with Crippen LogP contribution in [0.15, 0.2) is 18.2 Å². The number of nitrogens with zero attached hydrogens (tertiary/aromatic N) is 2. The van der Waals surface area contributed by atoms with Gasteiger partial charge in [-0.05, 0) is 29.2 Å². The highest BCUT2D eigenvalue weighted by Crippen LogP contribution is 2.16. The Morgan fingerprint density at radius 1 is 1.54 bits per heavy atom. The molecule has 0 bridgehead atoms. The SMILES string of the molecule is CONCc1ccc2nnsc2c1. The van der Waals surface area contributed by atoms with Gasteiger partial charge in [-0.25, -0.2) is 0 Å². The van der Waals surface area contributed by atoms with Gasteiger partial charge in [-0.1, -0.05) is 10.6 Å². The zero-order valence-electron chi connectivity index (χ0n) is 7.15. The van der Waals surface area contributed by atoms with Gasteiger partial charge in [0.1, 0.15) is 5.52 Å². The van der Waals surface area contributed by atoms with E-state index in [9.17, 15) is 0 Å². The van der Waals surface area contributed by atoms with Crippen molar-refractivity contribution in [1.82, 2.24) is 15.1 Å². The fourth-order valence-electron chi connectivity index (χ4n) is 1.09. The molecule has 1 heterocycles. The number of benzene rings is 1. The lowest BCUT2D eigenvalue weighted by atomic mass is 10.2. The van der Waals surface area contributed by atoms with Gasteiger partial charge >= 0.3 is 0 Å². The molecule has 0 fully saturated rings. The molecule has 0 saturated heterocycles. The van der Waals surface area contributed by atoms with Gasteiger partial charge in [-0.15, -0.1) is 5.10 Å². The number of hydrogen-bond acceptors (Lipinski definition) is 5. The van der Waals surface area contributed by atoms with E-state index in [1.807, 2.05) is 12.1 Å². The van der Waals surface area contributed by atoms with E-state index in [-0.39, 0.29) is 0 Å².